The number of likely N-dealkylation sites (tertiary alicyclic amines) is 1. The Morgan fingerprint density at radius 3 is 2.73 bits per heavy atom. The number of benzene rings is 2. The van der Waals surface area contributed by atoms with Crippen LogP contribution in [0.25, 0.3) is 5.57 Å². The minimum Gasteiger partial charge on any atom is -0.494 e. The number of aliphatic hydroxyl groups excluding tert-OH is 1. The first-order valence-electron chi connectivity index (χ1n) is 10.4. The summed E-state index contributed by atoms with van der Waals surface area (Å²) in [5, 5.41) is 16.2. The molecule has 1 N–H and O–H groups in total. The number of carbonyl (C=O) groups excluding carboxylic acids is 1. The number of hydrogen-bond acceptors (Lipinski definition) is 5. The normalized spacial score (nSPS) is 18.3. The molecule has 6 heteroatoms. The summed E-state index contributed by atoms with van der Waals surface area (Å²) < 4.78 is 5.52. The number of hydrogen-bond donors (Lipinski definition) is 1. The highest BCUT2D eigenvalue weighted by atomic mass is 16.5. The molecule has 156 valence electrons. The zero-order chi connectivity index (χ0) is 21.1. The van der Waals surface area contributed by atoms with Crippen molar-refractivity contribution in [1.82, 2.24) is 4.90 Å². The molecule has 30 heavy (non-hydrogen) atoms. The van der Waals surface area contributed by atoms with Crippen LogP contribution in [-0.2, 0) is 11.3 Å². The van der Waals surface area contributed by atoms with Crippen molar-refractivity contribution in [3.8, 4) is 5.75 Å². The lowest BCUT2D eigenvalue weighted by atomic mass is 9.97. The van der Waals surface area contributed by atoms with E-state index in [-0.39, 0.29) is 18.6 Å². The van der Waals surface area contributed by atoms with Gasteiger partial charge in [-0.1, -0.05) is 36.9 Å². The number of ether oxygens (including phenoxy) is 1. The highest BCUT2D eigenvalue weighted by Gasteiger charge is 2.35. The van der Waals surface area contributed by atoms with Crippen molar-refractivity contribution in [3.05, 3.63) is 66.2 Å². The summed E-state index contributed by atoms with van der Waals surface area (Å²) in [7, 11) is 0. The monoisotopic (exact) mass is 405 g/mol. The van der Waals surface area contributed by atoms with Gasteiger partial charge in [0.1, 0.15) is 5.75 Å². The molecular weight excluding hydrogens is 378 g/mol. The lowest BCUT2D eigenvalue weighted by molar-refractivity contribution is -0.125. The highest BCUT2D eigenvalue weighted by Crippen LogP contribution is 2.34. The van der Waals surface area contributed by atoms with E-state index in [1.54, 1.807) is 4.90 Å². The van der Waals surface area contributed by atoms with E-state index in [0.29, 0.717) is 31.0 Å². The predicted molar refractivity (Wildman–Crippen MR) is 119 cm³/mol. The van der Waals surface area contributed by atoms with Gasteiger partial charge in [0.15, 0.2) is 5.71 Å². The molecule has 2 aliphatic heterocycles. The van der Waals surface area contributed by atoms with E-state index in [4.69, 9.17) is 9.84 Å². The van der Waals surface area contributed by atoms with Crippen molar-refractivity contribution in [2.75, 3.05) is 24.8 Å². The van der Waals surface area contributed by atoms with Gasteiger partial charge in [-0.05, 0) is 43.5 Å². The quantitative estimate of drug-likeness (QED) is 0.799. The van der Waals surface area contributed by atoms with Crippen molar-refractivity contribution in [3.63, 3.8) is 0 Å². The molecule has 0 saturated carbocycles. The van der Waals surface area contributed by atoms with Crippen molar-refractivity contribution < 1.29 is 14.6 Å². The molecule has 1 fully saturated rings. The zero-order valence-electron chi connectivity index (χ0n) is 17.3. The molecule has 1 atom stereocenters. The molecule has 4 rings (SSSR count). The summed E-state index contributed by atoms with van der Waals surface area (Å²) in [6.45, 7) is 7.89. The summed E-state index contributed by atoms with van der Waals surface area (Å²) >= 11 is 0. The van der Waals surface area contributed by atoms with Gasteiger partial charge < -0.3 is 14.7 Å². The molecule has 0 spiro atoms. The minimum absolute atomic E-state index is 0.0298. The Kier molecular flexibility index (Phi) is 5.86. The van der Waals surface area contributed by atoms with Gasteiger partial charge in [0.05, 0.1) is 31.5 Å². The Hall–Kier alpha value is -3.12. The van der Waals surface area contributed by atoms with E-state index >= 15 is 0 Å². The van der Waals surface area contributed by atoms with E-state index in [0.717, 1.165) is 35.4 Å². The summed E-state index contributed by atoms with van der Waals surface area (Å²) in [6, 6.07) is 15.6. The van der Waals surface area contributed by atoms with Crippen LogP contribution in [0.4, 0.5) is 5.69 Å². The average molecular weight is 405 g/mol. The van der Waals surface area contributed by atoms with Gasteiger partial charge in [0.2, 0.25) is 0 Å². The van der Waals surface area contributed by atoms with Crippen LogP contribution in [0.3, 0.4) is 0 Å². The van der Waals surface area contributed by atoms with Crippen molar-refractivity contribution >= 4 is 22.9 Å². The van der Waals surface area contributed by atoms with E-state index in [9.17, 15) is 9.90 Å². The second-order valence-corrected chi connectivity index (χ2v) is 7.56. The third-order valence-electron chi connectivity index (χ3n) is 5.63. The van der Waals surface area contributed by atoms with E-state index < -0.39 is 0 Å². The molecule has 1 amide bonds. The summed E-state index contributed by atoms with van der Waals surface area (Å²) in [5.74, 6) is 0.667. The van der Waals surface area contributed by atoms with Gasteiger partial charge in [-0.3, -0.25) is 9.80 Å². The van der Waals surface area contributed by atoms with Gasteiger partial charge in [0.25, 0.3) is 5.91 Å². The Bertz CT molecular complexity index is 968. The van der Waals surface area contributed by atoms with Crippen LogP contribution in [-0.4, -0.2) is 47.4 Å². The fraction of sp³-hybridized carbons (Fsp3) is 0.333. The van der Waals surface area contributed by atoms with E-state index in [1.807, 2.05) is 60.5 Å². The third-order valence-corrected chi connectivity index (χ3v) is 5.63. The maximum atomic E-state index is 13.3. The number of para-hydroxylation sites is 1. The number of aliphatic hydroxyl groups is 1. The van der Waals surface area contributed by atoms with Crippen LogP contribution in [0.15, 0.2) is 60.2 Å². The first kappa shape index (κ1) is 20.2. The van der Waals surface area contributed by atoms with Gasteiger partial charge in [-0.15, -0.1) is 0 Å². The zero-order valence-corrected chi connectivity index (χ0v) is 17.3. The van der Waals surface area contributed by atoms with E-state index in [1.165, 1.54) is 0 Å². The highest BCUT2D eigenvalue weighted by molar-refractivity contribution is 6.56. The van der Waals surface area contributed by atoms with Crippen LogP contribution in [0, 0.1) is 0 Å². The Morgan fingerprint density at radius 1 is 1.23 bits per heavy atom. The number of amides is 1. The first-order valence-corrected chi connectivity index (χ1v) is 10.4. The van der Waals surface area contributed by atoms with Crippen LogP contribution in [0.2, 0.25) is 0 Å². The van der Waals surface area contributed by atoms with Gasteiger partial charge >= 0.3 is 0 Å². The van der Waals surface area contributed by atoms with E-state index in [2.05, 4.69) is 6.58 Å². The molecule has 1 saturated heterocycles. The molecule has 0 aromatic heterocycles. The Labute approximate surface area is 177 Å². The Morgan fingerprint density at radius 2 is 2.00 bits per heavy atom. The van der Waals surface area contributed by atoms with Crippen LogP contribution in [0.5, 0.6) is 5.75 Å². The SMILES string of the molecule is C=C1C(C(=O)N2CCCC2CO)=NN(Cc2ccc(OCC)cc2)c2ccccc21. The molecular formula is C24H27N3O3. The van der Waals surface area contributed by atoms with Gasteiger partial charge in [-0.2, -0.15) is 5.10 Å². The van der Waals surface area contributed by atoms with Crippen LogP contribution in [0.1, 0.15) is 30.9 Å². The fourth-order valence-corrected chi connectivity index (χ4v) is 4.07. The van der Waals surface area contributed by atoms with Crippen molar-refractivity contribution in [2.24, 2.45) is 5.10 Å². The smallest absolute Gasteiger partial charge is 0.275 e. The standard InChI is InChI=1S/C24H27N3O3/c1-3-30-20-12-10-18(11-13-20)15-27-22-9-5-4-8-21(22)17(2)23(25-27)24(29)26-14-6-7-19(26)16-28/h4-5,8-13,19,28H,2-3,6-7,14-16H2,1H3. The molecule has 0 bridgehead atoms. The number of hydrazone groups is 1. The minimum atomic E-state index is -0.164. The Balaban J connectivity index is 1.65. The molecule has 1 unspecified atom stereocenters. The maximum Gasteiger partial charge on any atom is 0.275 e. The topological polar surface area (TPSA) is 65.4 Å². The number of carbonyl (C=O) groups is 1. The predicted octanol–water partition coefficient (Wildman–Crippen LogP) is 3.46. The summed E-state index contributed by atoms with van der Waals surface area (Å²) in [6.07, 6.45) is 1.71. The number of fused-ring (bicyclic) bond motifs is 1. The lowest BCUT2D eigenvalue weighted by Crippen LogP contribution is -2.43. The molecule has 2 aliphatic rings. The molecule has 2 heterocycles. The number of rotatable bonds is 6. The van der Waals surface area contributed by atoms with Gasteiger partial charge in [0, 0.05) is 17.7 Å². The van der Waals surface area contributed by atoms with Crippen molar-refractivity contribution in [1.29, 1.82) is 0 Å². The summed E-state index contributed by atoms with van der Waals surface area (Å²) in [5.41, 5.74) is 3.86. The largest absolute Gasteiger partial charge is 0.494 e. The second-order valence-electron chi connectivity index (χ2n) is 7.56. The van der Waals surface area contributed by atoms with Gasteiger partial charge in [-0.25, -0.2) is 0 Å². The lowest BCUT2D eigenvalue weighted by Gasteiger charge is -2.31. The molecule has 2 aromatic carbocycles. The average Bonchev–Trinajstić information content (AvgIpc) is 3.26. The maximum absolute atomic E-state index is 13.3. The second kappa shape index (κ2) is 8.71. The van der Waals surface area contributed by atoms with Crippen LogP contribution >= 0.6 is 0 Å². The molecule has 0 radical (unpaired) electrons. The number of anilines is 1. The summed E-state index contributed by atoms with van der Waals surface area (Å²) in [4.78, 5) is 15.0. The molecule has 2 aromatic rings. The molecule has 0 aliphatic carbocycles. The first-order chi connectivity index (χ1) is 14.6. The number of nitrogens with zero attached hydrogens (tertiary/aromatic N) is 3. The molecule has 6 nitrogen and oxygen atoms in total. The fourth-order valence-electron chi connectivity index (χ4n) is 4.07. The van der Waals surface area contributed by atoms with Crippen LogP contribution < -0.4 is 9.75 Å². The third kappa shape index (κ3) is 3.83. The van der Waals surface area contributed by atoms with Crippen molar-refractivity contribution in [2.45, 2.75) is 32.4 Å².